The van der Waals surface area contributed by atoms with Crippen molar-refractivity contribution < 1.29 is 4.74 Å². The minimum absolute atomic E-state index is 0.180. The highest BCUT2D eigenvalue weighted by atomic mass is 16.5. The number of hydrogen-bond donors (Lipinski definition) is 1. The molecule has 0 saturated carbocycles. The summed E-state index contributed by atoms with van der Waals surface area (Å²) >= 11 is 0. The minimum Gasteiger partial charge on any atom is -0.489 e. The summed E-state index contributed by atoms with van der Waals surface area (Å²) in [5, 5.41) is 3.49. The molecule has 0 heterocycles. The van der Waals surface area contributed by atoms with E-state index in [4.69, 9.17) is 4.74 Å². The van der Waals surface area contributed by atoms with Gasteiger partial charge >= 0.3 is 0 Å². The molecule has 2 aromatic rings. The van der Waals surface area contributed by atoms with Gasteiger partial charge in [-0.3, -0.25) is 0 Å². The molecule has 3 nitrogen and oxygen atoms in total. The predicted octanol–water partition coefficient (Wildman–Crippen LogP) is 4.41. The van der Waals surface area contributed by atoms with E-state index < -0.39 is 0 Å². The van der Waals surface area contributed by atoms with Crippen LogP contribution in [-0.4, -0.2) is 25.7 Å². The first-order valence-corrected chi connectivity index (χ1v) is 8.00. The van der Waals surface area contributed by atoms with E-state index in [0.717, 1.165) is 31.1 Å². The summed E-state index contributed by atoms with van der Waals surface area (Å²) in [7, 11) is 0. The van der Waals surface area contributed by atoms with E-state index in [9.17, 15) is 0 Å². The zero-order valence-electron chi connectivity index (χ0n) is 13.8. The fourth-order valence-corrected chi connectivity index (χ4v) is 2.40. The Bertz CT molecular complexity index is 554. The summed E-state index contributed by atoms with van der Waals surface area (Å²) in [6, 6.07) is 18.6. The van der Waals surface area contributed by atoms with Crippen LogP contribution in [0.3, 0.4) is 0 Å². The average molecular weight is 298 g/mol. The van der Waals surface area contributed by atoms with Crippen LogP contribution in [-0.2, 0) is 0 Å². The summed E-state index contributed by atoms with van der Waals surface area (Å²) in [6.45, 7) is 9.10. The number of benzene rings is 2. The number of nitrogens with zero attached hydrogens (tertiary/aromatic N) is 1. The van der Waals surface area contributed by atoms with E-state index in [1.54, 1.807) is 0 Å². The largest absolute Gasteiger partial charge is 0.489 e. The van der Waals surface area contributed by atoms with E-state index in [-0.39, 0.29) is 6.10 Å². The minimum atomic E-state index is 0.180. The topological polar surface area (TPSA) is 24.5 Å². The van der Waals surface area contributed by atoms with Gasteiger partial charge in [-0.25, -0.2) is 0 Å². The molecule has 0 spiro atoms. The Hall–Kier alpha value is -2.16. The van der Waals surface area contributed by atoms with Gasteiger partial charge < -0.3 is 15.0 Å². The molecule has 0 fully saturated rings. The molecule has 1 N–H and O–H groups in total. The Morgan fingerprint density at radius 1 is 1.00 bits per heavy atom. The number of nitrogens with one attached hydrogen (secondary N) is 1. The molecule has 0 aromatic heterocycles. The Morgan fingerprint density at radius 2 is 1.68 bits per heavy atom. The first-order chi connectivity index (χ1) is 10.7. The first kappa shape index (κ1) is 16.2. The molecular formula is C19H26N2O. The van der Waals surface area contributed by atoms with Gasteiger partial charge in [0.2, 0.25) is 0 Å². The first-order valence-electron chi connectivity index (χ1n) is 8.00. The second kappa shape index (κ2) is 8.32. The SMILES string of the molecule is CCN(CCNc1ccccc1OC(C)C)c1ccccc1. The summed E-state index contributed by atoms with van der Waals surface area (Å²) in [5.74, 6) is 0.917. The van der Waals surface area contributed by atoms with E-state index in [1.807, 2.05) is 32.0 Å². The van der Waals surface area contributed by atoms with Gasteiger partial charge in [-0.05, 0) is 45.0 Å². The van der Waals surface area contributed by atoms with Gasteiger partial charge in [0.05, 0.1) is 11.8 Å². The Labute approximate surface area is 133 Å². The standard InChI is InChI=1S/C19H26N2O/c1-4-21(17-10-6-5-7-11-17)15-14-20-18-12-8-9-13-19(18)22-16(2)3/h5-13,16,20H,4,14-15H2,1-3H3. The molecule has 0 saturated heterocycles. The summed E-state index contributed by atoms with van der Waals surface area (Å²) in [4.78, 5) is 2.36. The molecule has 118 valence electrons. The maximum atomic E-state index is 5.84. The van der Waals surface area contributed by atoms with Crippen LogP contribution in [0.1, 0.15) is 20.8 Å². The van der Waals surface area contributed by atoms with Crippen LogP contribution in [0, 0.1) is 0 Å². The molecule has 0 bridgehead atoms. The highest BCUT2D eigenvalue weighted by Gasteiger charge is 2.06. The van der Waals surface area contributed by atoms with Crippen molar-refractivity contribution in [3.63, 3.8) is 0 Å². The summed E-state index contributed by atoms with van der Waals surface area (Å²) < 4.78 is 5.84. The molecule has 0 aliphatic heterocycles. The Balaban J connectivity index is 1.93. The van der Waals surface area contributed by atoms with Crippen LogP contribution in [0.4, 0.5) is 11.4 Å². The third-order valence-electron chi connectivity index (χ3n) is 3.45. The predicted molar refractivity (Wildman–Crippen MR) is 95.0 cm³/mol. The van der Waals surface area contributed by atoms with Gasteiger partial charge in [-0.2, -0.15) is 0 Å². The smallest absolute Gasteiger partial charge is 0.142 e. The molecule has 22 heavy (non-hydrogen) atoms. The van der Waals surface area contributed by atoms with Gasteiger partial charge in [0.1, 0.15) is 5.75 Å². The third-order valence-corrected chi connectivity index (χ3v) is 3.45. The van der Waals surface area contributed by atoms with Gasteiger partial charge in [0, 0.05) is 25.3 Å². The molecule has 0 atom stereocenters. The number of likely N-dealkylation sites (N-methyl/N-ethyl adjacent to an activating group) is 1. The number of anilines is 2. The van der Waals surface area contributed by atoms with Crippen molar-refractivity contribution in [2.24, 2.45) is 0 Å². The normalized spacial score (nSPS) is 10.5. The van der Waals surface area contributed by atoms with Crippen molar-refractivity contribution >= 4 is 11.4 Å². The van der Waals surface area contributed by atoms with Crippen molar-refractivity contribution in [2.45, 2.75) is 26.9 Å². The lowest BCUT2D eigenvalue weighted by atomic mass is 10.2. The summed E-state index contributed by atoms with van der Waals surface area (Å²) in [5.41, 5.74) is 2.32. The van der Waals surface area contributed by atoms with Crippen molar-refractivity contribution in [1.29, 1.82) is 0 Å². The van der Waals surface area contributed by atoms with E-state index in [1.165, 1.54) is 5.69 Å². The van der Waals surface area contributed by atoms with Crippen LogP contribution < -0.4 is 15.0 Å². The molecule has 2 aromatic carbocycles. The van der Waals surface area contributed by atoms with Crippen LogP contribution in [0.5, 0.6) is 5.75 Å². The monoisotopic (exact) mass is 298 g/mol. The van der Waals surface area contributed by atoms with Gasteiger partial charge in [-0.15, -0.1) is 0 Å². The number of rotatable bonds is 8. The molecule has 0 radical (unpaired) electrons. The molecule has 3 heteroatoms. The molecule has 0 aliphatic rings. The summed E-state index contributed by atoms with van der Waals surface area (Å²) in [6.07, 6.45) is 0.180. The second-order valence-corrected chi connectivity index (χ2v) is 5.50. The molecule has 2 rings (SSSR count). The van der Waals surface area contributed by atoms with Crippen LogP contribution >= 0.6 is 0 Å². The van der Waals surface area contributed by atoms with Gasteiger partial charge in [-0.1, -0.05) is 30.3 Å². The van der Waals surface area contributed by atoms with Crippen molar-refractivity contribution in [2.75, 3.05) is 29.9 Å². The lowest BCUT2D eigenvalue weighted by Gasteiger charge is -2.24. The third kappa shape index (κ3) is 4.69. The number of ether oxygens (including phenoxy) is 1. The zero-order valence-corrected chi connectivity index (χ0v) is 13.8. The van der Waals surface area contributed by atoms with Gasteiger partial charge in [0.15, 0.2) is 0 Å². The van der Waals surface area contributed by atoms with Crippen LogP contribution in [0.2, 0.25) is 0 Å². The molecular weight excluding hydrogens is 272 g/mol. The zero-order chi connectivity index (χ0) is 15.8. The van der Waals surface area contributed by atoms with E-state index >= 15 is 0 Å². The molecule has 0 amide bonds. The fraction of sp³-hybridized carbons (Fsp3) is 0.368. The highest BCUT2D eigenvalue weighted by Crippen LogP contribution is 2.24. The maximum Gasteiger partial charge on any atom is 0.142 e. The quantitative estimate of drug-likeness (QED) is 0.781. The lowest BCUT2D eigenvalue weighted by Crippen LogP contribution is -2.28. The average Bonchev–Trinajstić information content (AvgIpc) is 2.53. The lowest BCUT2D eigenvalue weighted by molar-refractivity contribution is 0.243. The van der Waals surface area contributed by atoms with E-state index in [2.05, 4.69) is 53.5 Å². The fourth-order valence-electron chi connectivity index (χ4n) is 2.40. The van der Waals surface area contributed by atoms with Crippen LogP contribution in [0.25, 0.3) is 0 Å². The Morgan fingerprint density at radius 3 is 2.36 bits per heavy atom. The molecule has 0 unspecified atom stereocenters. The van der Waals surface area contributed by atoms with Crippen molar-refractivity contribution in [1.82, 2.24) is 0 Å². The van der Waals surface area contributed by atoms with Gasteiger partial charge in [0.25, 0.3) is 0 Å². The highest BCUT2D eigenvalue weighted by molar-refractivity contribution is 5.56. The number of hydrogen-bond acceptors (Lipinski definition) is 3. The molecule has 0 aliphatic carbocycles. The van der Waals surface area contributed by atoms with Crippen molar-refractivity contribution in [3.8, 4) is 5.75 Å². The maximum absolute atomic E-state index is 5.84. The van der Waals surface area contributed by atoms with E-state index in [0.29, 0.717) is 0 Å². The van der Waals surface area contributed by atoms with Crippen LogP contribution in [0.15, 0.2) is 54.6 Å². The second-order valence-electron chi connectivity index (χ2n) is 5.50. The number of para-hydroxylation sites is 3. The Kier molecular flexibility index (Phi) is 6.13. The van der Waals surface area contributed by atoms with Crippen molar-refractivity contribution in [3.05, 3.63) is 54.6 Å².